The molecule has 0 bridgehead atoms. The maximum absolute atomic E-state index is 12.2. The highest BCUT2D eigenvalue weighted by molar-refractivity contribution is 7.89. The lowest BCUT2D eigenvalue weighted by Gasteiger charge is -2.35. The van der Waals surface area contributed by atoms with Gasteiger partial charge in [-0.15, -0.1) is 12.4 Å². The Bertz CT molecular complexity index is 782. The third-order valence-electron chi connectivity index (χ3n) is 4.96. The second-order valence-corrected chi connectivity index (χ2v) is 8.71. The van der Waals surface area contributed by atoms with Crippen LogP contribution in [0.4, 0.5) is 5.69 Å². The van der Waals surface area contributed by atoms with Gasteiger partial charge in [0, 0.05) is 31.6 Å². The average molecular weight is 435 g/mol. The van der Waals surface area contributed by atoms with Gasteiger partial charge in [-0.1, -0.05) is 25.3 Å². The topological polar surface area (TPSA) is 144 Å². The van der Waals surface area contributed by atoms with Gasteiger partial charge in [0.05, 0.1) is 9.82 Å². The van der Waals surface area contributed by atoms with E-state index in [0.29, 0.717) is 13.0 Å². The van der Waals surface area contributed by atoms with Crippen molar-refractivity contribution in [3.8, 4) is 0 Å². The van der Waals surface area contributed by atoms with E-state index in [1.807, 2.05) is 0 Å². The van der Waals surface area contributed by atoms with Crippen LogP contribution in [-0.2, 0) is 14.8 Å². The van der Waals surface area contributed by atoms with Crippen LogP contribution in [0.2, 0.25) is 0 Å². The SMILES string of the molecule is Cl.NCC1(CC(=O)NCCNS(=O)(=O)c2cccc([N+](=O)[O-])c2)CCCCC1. The summed E-state index contributed by atoms with van der Waals surface area (Å²) < 4.78 is 26.7. The summed E-state index contributed by atoms with van der Waals surface area (Å²) in [5.41, 5.74) is 5.43. The first-order valence-corrected chi connectivity index (χ1v) is 10.5. The van der Waals surface area contributed by atoms with Crippen LogP contribution in [0.1, 0.15) is 38.5 Å². The summed E-state index contributed by atoms with van der Waals surface area (Å²) >= 11 is 0. The van der Waals surface area contributed by atoms with Crippen LogP contribution >= 0.6 is 12.4 Å². The van der Waals surface area contributed by atoms with E-state index in [4.69, 9.17) is 5.73 Å². The highest BCUT2D eigenvalue weighted by atomic mass is 35.5. The molecule has 1 saturated carbocycles. The highest BCUT2D eigenvalue weighted by Crippen LogP contribution is 2.38. The number of non-ortho nitro benzene ring substituents is 1. The van der Waals surface area contributed by atoms with Gasteiger partial charge in [-0.05, 0) is 30.9 Å². The minimum absolute atomic E-state index is 0. The zero-order chi connectivity index (χ0) is 19.9. The monoisotopic (exact) mass is 434 g/mol. The first-order valence-electron chi connectivity index (χ1n) is 8.99. The molecule has 1 aliphatic carbocycles. The third-order valence-corrected chi connectivity index (χ3v) is 6.42. The highest BCUT2D eigenvalue weighted by Gasteiger charge is 2.32. The normalized spacial score (nSPS) is 16.0. The number of nitrogens with zero attached hydrogens (tertiary/aromatic N) is 1. The van der Waals surface area contributed by atoms with E-state index >= 15 is 0 Å². The number of nitrogens with one attached hydrogen (secondary N) is 2. The molecular formula is C17H27ClN4O5S. The van der Waals surface area contributed by atoms with Crippen LogP contribution in [0.3, 0.4) is 0 Å². The molecule has 0 aliphatic heterocycles. The van der Waals surface area contributed by atoms with Crippen LogP contribution in [0.15, 0.2) is 29.2 Å². The van der Waals surface area contributed by atoms with Crippen LogP contribution in [0.5, 0.6) is 0 Å². The predicted molar refractivity (Wildman–Crippen MR) is 108 cm³/mol. The molecule has 28 heavy (non-hydrogen) atoms. The molecule has 4 N–H and O–H groups in total. The van der Waals surface area contributed by atoms with Crippen molar-refractivity contribution in [1.29, 1.82) is 0 Å². The summed E-state index contributed by atoms with van der Waals surface area (Å²) in [7, 11) is -3.88. The lowest BCUT2D eigenvalue weighted by atomic mass is 9.71. The Kier molecular flexibility index (Phi) is 9.28. The van der Waals surface area contributed by atoms with E-state index in [9.17, 15) is 23.3 Å². The van der Waals surface area contributed by atoms with Gasteiger partial charge in [0.25, 0.3) is 5.69 Å². The number of amides is 1. The van der Waals surface area contributed by atoms with E-state index in [1.54, 1.807) is 0 Å². The molecule has 0 heterocycles. The van der Waals surface area contributed by atoms with Crippen LogP contribution < -0.4 is 15.8 Å². The number of rotatable bonds is 9. The third kappa shape index (κ3) is 6.69. The van der Waals surface area contributed by atoms with Gasteiger partial charge >= 0.3 is 0 Å². The molecule has 0 unspecified atom stereocenters. The molecule has 0 saturated heterocycles. The minimum Gasteiger partial charge on any atom is -0.355 e. The fourth-order valence-corrected chi connectivity index (χ4v) is 4.46. The lowest BCUT2D eigenvalue weighted by molar-refractivity contribution is -0.385. The molecule has 1 aliphatic rings. The van der Waals surface area contributed by atoms with E-state index in [0.717, 1.165) is 31.7 Å². The second-order valence-electron chi connectivity index (χ2n) is 6.94. The van der Waals surface area contributed by atoms with Crippen molar-refractivity contribution in [1.82, 2.24) is 10.0 Å². The first kappa shape index (κ1) is 24.3. The fourth-order valence-electron chi connectivity index (χ4n) is 3.39. The number of nitro groups is 1. The lowest BCUT2D eigenvalue weighted by Crippen LogP contribution is -2.40. The largest absolute Gasteiger partial charge is 0.355 e. The number of benzene rings is 1. The molecule has 1 aromatic rings. The van der Waals surface area contributed by atoms with Gasteiger partial charge in [0.2, 0.25) is 15.9 Å². The van der Waals surface area contributed by atoms with Crippen LogP contribution in [0.25, 0.3) is 0 Å². The molecule has 2 rings (SSSR count). The predicted octanol–water partition coefficient (Wildman–Crippen LogP) is 1.71. The number of nitrogens with two attached hydrogens (primary N) is 1. The number of halogens is 1. The number of hydrogen-bond donors (Lipinski definition) is 3. The molecule has 1 aromatic carbocycles. The molecule has 158 valence electrons. The number of hydrogen-bond acceptors (Lipinski definition) is 6. The summed E-state index contributed by atoms with van der Waals surface area (Å²) in [6.45, 7) is 0.597. The van der Waals surface area contributed by atoms with Gasteiger partial charge in [-0.3, -0.25) is 14.9 Å². The Balaban J connectivity index is 0.00000392. The zero-order valence-electron chi connectivity index (χ0n) is 15.6. The second kappa shape index (κ2) is 10.7. The fraction of sp³-hybridized carbons (Fsp3) is 0.588. The van der Waals surface area contributed by atoms with E-state index in [1.165, 1.54) is 24.6 Å². The van der Waals surface area contributed by atoms with E-state index in [2.05, 4.69) is 10.0 Å². The van der Waals surface area contributed by atoms with E-state index in [-0.39, 0.29) is 47.4 Å². The Morgan fingerprint density at radius 3 is 2.50 bits per heavy atom. The zero-order valence-corrected chi connectivity index (χ0v) is 17.2. The smallest absolute Gasteiger partial charge is 0.270 e. The Hall–Kier alpha value is -1.75. The molecule has 9 nitrogen and oxygen atoms in total. The van der Waals surface area contributed by atoms with Crippen molar-refractivity contribution in [2.45, 2.75) is 43.4 Å². The average Bonchev–Trinajstić information content (AvgIpc) is 2.66. The number of nitro benzene ring substituents is 1. The van der Waals surface area contributed by atoms with Crippen molar-refractivity contribution in [2.75, 3.05) is 19.6 Å². The summed E-state index contributed by atoms with van der Waals surface area (Å²) in [6, 6.07) is 4.81. The van der Waals surface area contributed by atoms with Crippen LogP contribution in [-0.4, -0.2) is 38.9 Å². The summed E-state index contributed by atoms with van der Waals surface area (Å²) in [4.78, 5) is 22.1. The summed E-state index contributed by atoms with van der Waals surface area (Å²) in [6.07, 6.45) is 5.55. The summed E-state index contributed by atoms with van der Waals surface area (Å²) in [5.74, 6) is -0.142. The maximum atomic E-state index is 12.2. The Morgan fingerprint density at radius 2 is 1.89 bits per heavy atom. The molecule has 0 radical (unpaired) electrons. The Labute approximate surface area is 171 Å². The van der Waals surface area contributed by atoms with Gasteiger partial charge in [-0.2, -0.15) is 0 Å². The Morgan fingerprint density at radius 1 is 1.21 bits per heavy atom. The first-order chi connectivity index (χ1) is 12.8. The number of sulfonamides is 1. The van der Waals surface area contributed by atoms with Crippen molar-refractivity contribution >= 4 is 34.0 Å². The molecule has 1 amide bonds. The molecule has 11 heteroatoms. The van der Waals surface area contributed by atoms with Crippen molar-refractivity contribution in [2.24, 2.45) is 11.1 Å². The quantitative estimate of drug-likeness (QED) is 0.306. The molecule has 0 atom stereocenters. The standard InChI is InChI=1S/C17H26N4O5S.ClH/c18-13-17(7-2-1-3-8-17)12-16(22)19-9-10-20-27(25,26)15-6-4-5-14(11-15)21(23)24;/h4-6,11,20H,1-3,7-10,12-13,18H2,(H,19,22);1H. The van der Waals surface area contributed by atoms with E-state index < -0.39 is 14.9 Å². The minimum atomic E-state index is -3.88. The molecule has 1 fully saturated rings. The van der Waals surface area contributed by atoms with Gasteiger partial charge in [-0.25, -0.2) is 13.1 Å². The van der Waals surface area contributed by atoms with Crippen LogP contribution in [0, 0.1) is 15.5 Å². The van der Waals surface area contributed by atoms with Gasteiger partial charge in [0.1, 0.15) is 0 Å². The molecule has 0 aromatic heterocycles. The summed E-state index contributed by atoms with van der Waals surface area (Å²) in [5, 5.41) is 13.5. The molecule has 0 spiro atoms. The van der Waals surface area contributed by atoms with Crippen molar-refractivity contribution < 1.29 is 18.1 Å². The number of carbonyl (C=O) groups excluding carboxylic acids is 1. The molecular weight excluding hydrogens is 408 g/mol. The maximum Gasteiger partial charge on any atom is 0.270 e. The van der Waals surface area contributed by atoms with Crippen molar-refractivity contribution in [3.05, 3.63) is 34.4 Å². The van der Waals surface area contributed by atoms with Gasteiger partial charge in [0.15, 0.2) is 0 Å². The van der Waals surface area contributed by atoms with Gasteiger partial charge < -0.3 is 11.1 Å². The number of carbonyl (C=O) groups is 1. The van der Waals surface area contributed by atoms with Crippen molar-refractivity contribution in [3.63, 3.8) is 0 Å².